The number of hydrogen-bond donors (Lipinski definition) is 1. The topological polar surface area (TPSA) is 59.4 Å². The van der Waals surface area contributed by atoms with Crippen LogP contribution in [0.3, 0.4) is 0 Å². The van der Waals surface area contributed by atoms with Gasteiger partial charge in [-0.2, -0.15) is 5.10 Å². The lowest BCUT2D eigenvalue weighted by Crippen LogP contribution is -2.21. The van der Waals surface area contributed by atoms with E-state index < -0.39 is 0 Å². The SMILES string of the molecule is Cc1nn(Cc2ccc(F)cc2)c2sc(C(=O)NCc3ccc(OCCN(C)C)cc3)cc12. The Morgan fingerprint density at radius 2 is 1.82 bits per heavy atom. The molecular weight excluding hydrogens is 439 g/mol. The minimum atomic E-state index is -0.262. The Bertz CT molecular complexity index is 1230. The molecule has 172 valence electrons. The average molecular weight is 467 g/mol. The van der Waals surface area contributed by atoms with E-state index in [1.165, 1.54) is 23.5 Å². The summed E-state index contributed by atoms with van der Waals surface area (Å²) in [6, 6.07) is 16.0. The average Bonchev–Trinajstić information content (AvgIpc) is 3.35. The molecule has 2 aromatic carbocycles. The lowest BCUT2D eigenvalue weighted by atomic mass is 10.2. The first-order chi connectivity index (χ1) is 15.9. The zero-order valence-electron chi connectivity index (χ0n) is 19.0. The molecular formula is C25H27FN4O2S. The van der Waals surface area contributed by atoms with Crippen molar-refractivity contribution < 1.29 is 13.9 Å². The second-order valence-electron chi connectivity index (χ2n) is 8.18. The summed E-state index contributed by atoms with van der Waals surface area (Å²) in [4.78, 5) is 16.4. The van der Waals surface area contributed by atoms with Gasteiger partial charge in [0.25, 0.3) is 5.91 Å². The second-order valence-corrected chi connectivity index (χ2v) is 9.21. The maximum Gasteiger partial charge on any atom is 0.261 e. The molecule has 0 bridgehead atoms. The fraction of sp³-hybridized carbons (Fsp3) is 0.280. The number of carbonyl (C=O) groups is 1. The van der Waals surface area contributed by atoms with E-state index in [0.717, 1.165) is 39.3 Å². The van der Waals surface area contributed by atoms with Crippen LogP contribution < -0.4 is 10.1 Å². The summed E-state index contributed by atoms with van der Waals surface area (Å²) in [7, 11) is 4.02. The number of nitrogens with zero attached hydrogens (tertiary/aromatic N) is 3. The van der Waals surface area contributed by atoms with Crippen LogP contribution in [0.2, 0.25) is 0 Å². The Labute approximate surface area is 196 Å². The van der Waals surface area contributed by atoms with Crippen LogP contribution in [0.5, 0.6) is 5.75 Å². The number of thiophene rings is 1. The lowest BCUT2D eigenvalue weighted by Gasteiger charge is -2.11. The standard InChI is InChI=1S/C25H27FN4O2S/c1-17-22-14-23(33-25(22)30(28-17)16-19-4-8-20(26)9-5-19)24(31)27-15-18-6-10-21(11-7-18)32-13-12-29(2)3/h4-11,14H,12-13,15-16H2,1-3H3,(H,27,31). The van der Waals surface area contributed by atoms with Crippen molar-refractivity contribution in [1.82, 2.24) is 20.0 Å². The summed E-state index contributed by atoms with van der Waals surface area (Å²) in [5.41, 5.74) is 2.82. The first-order valence-corrected chi connectivity index (χ1v) is 11.6. The Balaban J connectivity index is 1.38. The number of benzene rings is 2. The smallest absolute Gasteiger partial charge is 0.261 e. The highest BCUT2D eigenvalue weighted by molar-refractivity contribution is 7.20. The van der Waals surface area contributed by atoms with Gasteiger partial charge in [0.05, 0.1) is 17.1 Å². The molecule has 0 saturated heterocycles. The van der Waals surface area contributed by atoms with Gasteiger partial charge in [-0.05, 0) is 62.5 Å². The molecule has 2 heterocycles. The number of aromatic nitrogens is 2. The van der Waals surface area contributed by atoms with Crippen LogP contribution in [0.4, 0.5) is 4.39 Å². The Hall–Kier alpha value is -3.23. The zero-order valence-corrected chi connectivity index (χ0v) is 19.8. The minimum Gasteiger partial charge on any atom is -0.492 e. The molecule has 4 aromatic rings. The van der Waals surface area contributed by atoms with Gasteiger partial charge in [0.2, 0.25) is 0 Å². The van der Waals surface area contributed by atoms with E-state index in [2.05, 4.69) is 15.3 Å². The van der Waals surface area contributed by atoms with Gasteiger partial charge in [-0.25, -0.2) is 4.39 Å². The van der Waals surface area contributed by atoms with Crippen LogP contribution in [0.15, 0.2) is 54.6 Å². The number of halogens is 1. The third kappa shape index (κ3) is 5.77. The van der Waals surface area contributed by atoms with Crippen molar-refractivity contribution in [3.05, 3.63) is 82.1 Å². The molecule has 0 radical (unpaired) electrons. The van der Waals surface area contributed by atoms with Gasteiger partial charge in [0.15, 0.2) is 0 Å². The normalized spacial score (nSPS) is 11.3. The highest BCUT2D eigenvalue weighted by atomic mass is 32.1. The number of ether oxygens (including phenoxy) is 1. The molecule has 1 N–H and O–H groups in total. The lowest BCUT2D eigenvalue weighted by molar-refractivity contribution is 0.0955. The van der Waals surface area contributed by atoms with E-state index >= 15 is 0 Å². The van der Waals surface area contributed by atoms with Crippen LogP contribution in [-0.2, 0) is 13.1 Å². The van der Waals surface area contributed by atoms with Crippen molar-refractivity contribution in [1.29, 1.82) is 0 Å². The molecule has 6 nitrogen and oxygen atoms in total. The number of nitrogens with one attached hydrogen (secondary N) is 1. The van der Waals surface area contributed by atoms with Crippen molar-refractivity contribution in [2.24, 2.45) is 0 Å². The maximum absolute atomic E-state index is 13.2. The molecule has 0 aliphatic carbocycles. The zero-order chi connectivity index (χ0) is 23.4. The minimum absolute atomic E-state index is 0.116. The van der Waals surface area contributed by atoms with Gasteiger partial charge in [0, 0.05) is 18.5 Å². The number of aryl methyl sites for hydroxylation is 1. The molecule has 0 saturated carbocycles. The van der Waals surface area contributed by atoms with Crippen molar-refractivity contribution in [2.75, 3.05) is 27.2 Å². The van der Waals surface area contributed by atoms with Gasteiger partial charge < -0.3 is 15.0 Å². The summed E-state index contributed by atoms with van der Waals surface area (Å²) in [6.45, 7) is 4.38. The molecule has 4 rings (SSSR count). The fourth-order valence-corrected chi connectivity index (χ4v) is 4.49. The van der Waals surface area contributed by atoms with Crippen LogP contribution in [0.1, 0.15) is 26.5 Å². The van der Waals surface area contributed by atoms with Crippen LogP contribution in [0, 0.1) is 12.7 Å². The van der Waals surface area contributed by atoms with Crippen molar-refractivity contribution in [3.63, 3.8) is 0 Å². The van der Waals surface area contributed by atoms with Gasteiger partial charge >= 0.3 is 0 Å². The van der Waals surface area contributed by atoms with Crippen LogP contribution >= 0.6 is 11.3 Å². The summed E-state index contributed by atoms with van der Waals surface area (Å²) < 4.78 is 20.8. The first kappa shape index (κ1) is 22.9. The molecule has 0 aliphatic heterocycles. The monoisotopic (exact) mass is 466 g/mol. The number of carbonyl (C=O) groups excluding carboxylic acids is 1. The van der Waals surface area contributed by atoms with Gasteiger partial charge in [-0.15, -0.1) is 11.3 Å². The molecule has 0 atom stereocenters. The third-order valence-corrected chi connectivity index (χ3v) is 6.41. The molecule has 8 heteroatoms. The van der Waals surface area contributed by atoms with E-state index in [4.69, 9.17) is 4.74 Å². The molecule has 2 aromatic heterocycles. The molecule has 33 heavy (non-hydrogen) atoms. The highest BCUT2D eigenvalue weighted by Crippen LogP contribution is 2.29. The van der Waals surface area contributed by atoms with Crippen LogP contribution in [0.25, 0.3) is 10.2 Å². The van der Waals surface area contributed by atoms with Gasteiger partial charge in [0.1, 0.15) is 23.0 Å². The van der Waals surface area contributed by atoms with Gasteiger partial charge in [-0.1, -0.05) is 24.3 Å². The molecule has 0 spiro atoms. The molecule has 0 fully saturated rings. The molecule has 0 aliphatic rings. The van der Waals surface area contributed by atoms with E-state index in [1.54, 1.807) is 12.1 Å². The summed E-state index contributed by atoms with van der Waals surface area (Å²) in [5, 5.41) is 8.54. The number of rotatable bonds is 9. The third-order valence-electron chi connectivity index (χ3n) is 5.26. The van der Waals surface area contributed by atoms with Crippen molar-refractivity contribution in [2.45, 2.75) is 20.0 Å². The number of fused-ring (bicyclic) bond motifs is 1. The highest BCUT2D eigenvalue weighted by Gasteiger charge is 2.16. The Morgan fingerprint density at radius 3 is 2.52 bits per heavy atom. The first-order valence-electron chi connectivity index (χ1n) is 10.7. The summed E-state index contributed by atoms with van der Waals surface area (Å²) >= 11 is 1.41. The molecule has 0 unspecified atom stereocenters. The molecule has 1 amide bonds. The fourth-order valence-electron chi connectivity index (χ4n) is 3.41. The van der Waals surface area contributed by atoms with E-state index in [9.17, 15) is 9.18 Å². The van der Waals surface area contributed by atoms with Crippen molar-refractivity contribution in [3.8, 4) is 5.75 Å². The maximum atomic E-state index is 13.2. The Kier molecular flexibility index (Phi) is 7.05. The number of amides is 1. The number of likely N-dealkylation sites (N-methyl/N-ethyl adjacent to an activating group) is 1. The second kappa shape index (κ2) is 10.1. The summed E-state index contributed by atoms with van der Waals surface area (Å²) in [6.07, 6.45) is 0. The van der Waals surface area contributed by atoms with Gasteiger partial charge in [-0.3, -0.25) is 9.48 Å². The predicted octanol–water partition coefficient (Wildman–Crippen LogP) is 4.46. The summed E-state index contributed by atoms with van der Waals surface area (Å²) in [5.74, 6) is 0.440. The Morgan fingerprint density at radius 1 is 1.12 bits per heavy atom. The number of hydrogen-bond acceptors (Lipinski definition) is 5. The predicted molar refractivity (Wildman–Crippen MR) is 130 cm³/mol. The quantitative estimate of drug-likeness (QED) is 0.396. The van der Waals surface area contributed by atoms with Crippen LogP contribution in [-0.4, -0.2) is 47.8 Å². The van der Waals surface area contributed by atoms with E-state index in [-0.39, 0.29) is 11.7 Å². The van der Waals surface area contributed by atoms with E-state index in [0.29, 0.717) is 24.6 Å². The largest absolute Gasteiger partial charge is 0.492 e. The van der Waals surface area contributed by atoms with Crippen molar-refractivity contribution >= 4 is 27.5 Å². The van der Waals surface area contributed by atoms with E-state index in [1.807, 2.05) is 56.0 Å².